The highest BCUT2D eigenvalue weighted by molar-refractivity contribution is 5.34. The van der Waals surface area contributed by atoms with Gasteiger partial charge in [0.1, 0.15) is 6.17 Å². The molecule has 0 saturated carbocycles. The SMILES string of the molecule is Cc1ccnc(N2CC(F)C2)n1. The van der Waals surface area contributed by atoms with Crippen molar-refractivity contribution in [2.45, 2.75) is 13.1 Å². The number of halogens is 1. The first-order valence-corrected chi connectivity index (χ1v) is 3.94. The second-order valence-electron chi connectivity index (χ2n) is 3.00. The number of aromatic nitrogens is 2. The molecular formula is C8H10FN3. The number of rotatable bonds is 1. The summed E-state index contributed by atoms with van der Waals surface area (Å²) in [5, 5.41) is 0. The Balaban J connectivity index is 2.13. The van der Waals surface area contributed by atoms with Gasteiger partial charge in [-0.1, -0.05) is 0 Å². The van der Waals surface area contributed by atoms with Gasteiger partial charge in [-0.3, -0.25) is 0 Å². The van der Waals surface area contributed by atoms with Crippen molar-refractivity contribution in [3.63, 3.8) is 0 Å². The normalized spacial score (nSPS) is 17.7. The summed E-state index contributed by atoms with van der Waals surface area (Å²) in [6.07, 6.45) is 0.998. The van der Waals surface area contributed by atoms with E-state index in [0.29, 0.717) is 19.0 Å². The van der Waals surface area contributed by atoms with Crippen LogP contribution >= 0.6 is 0 Å². The van der Waals surface area contributed by atoms with E-state index in [1.54, 1.807) is 6.20 Å². The summed E-state index contributed by atoms with van der Waals surface area (Å²) in [7, 11) is 0. The third kappa shape index (κ3) is 1.24. The molecule has 4 heteroatoms. The maximum atomic E-state index is 12.5. The van der Waals surface area contributed by atoms with Gasteiger partial charge in [-0.25, -0.2) is 14.4 Å². The summed E-state index contributed by atoms with van der Waals surface area (Å²) in [6.45, 7) is 2.77. The van der Waals surface area contributed by atoms with Gasteiger partial charge in [0.2, 0.25) is 5.95 Å². The van der Waals surface area contributed by atoms with Crippen LogP contribution in [0.3, 0.4) is 0 Å². The Labute approximate surface area is 70.3 Å². The Bertz CT molecular complexity index is 283. The second kappa shape index (κ2) is 2.69. The van der Waals surface area contributed by atoms with E-state index in [0.717, 1.165) is 5.69 Å². The van der Waals surface area contributed by atoms with Crippen molar-refractivity contribution in [1.82, 2.24) is 9.97 Å². The molecule has 1 aromatic heterocycles. The smallest absolute Gasteiger partial charge is 0.225 e. The van der Waals surface area contributed by atoms with Crippen molar-refractivity contribution in [3.8, 4) is 0 Å². The molecule has 0 aliphatic carbocycles. The summed E-state index contributed by atoms with van der Waals surface area (Å²) in [4.78, 5) is 10.1. The summed E-state index contributed by atoms with van der Waals surface area (Å²) in [5.41, 5.74) is 0.919. The van der Waals surface area contributed by atoms with E-state index in [1.165, 1.54) is 0 Å². The van der Waals surface area contributed by atoms with Crippen LogP contribution < -0.4 is 4.90 Å². The minimum absolute atomic E-state index is 0.434. The first-order valence-electron chi connectivity index (χ1n) is 3.94. The fourth-order valence-electron chi connectivity index (χ4n) is 1.18. The fraction of sp³-hybridized carbons (Fsp3) is 0.500. The highest BCUT2D eigenvalue weighted by Gasteiger charge is 2.27. The predicted octanol–water partition coefficient (Wildman–Crippen LogP) is 0.943. The van der Waals surface area contributed by atoms with E-state index in [4.69, 9.17) is 0 Å². The molecule has 2 rings (SSSR count). The largest absolute Gasteiger partial charge is 0.335 e. The number of alkyl halides is 1. The number of hydrogen-bond acceptors (Lipinski definition) is 3. The molecule has 64 valence electrons. The Hall–Kier alpha value is -1.19. The zero-order chi connectivity index (χ0) is 8.55. The van der Waals surface area contributed by atoms with Crippen molar-refractivity contribution in [2.75, 3.05) is 18.0 Å². The Morgan fingerprint density at radius 2 is 2.33 bits per heavy atom. The van der Waals surface area contributed by atoms with Gasteiger partial charge >= 0.3 is 0 Å². The molecule has 3 nitrogen and oxygen atoms in total. The lowest BCUT2D eigenvalue weighted by Gasteiger charge is -2.34. The maximum absolute atomic E-state index is 12.5. The molecule has 0 bridgehead atoms. The van der Waals surface area contributed by atoms with E-state index in [2.05, 4.69) is 9.97 Å². The summed E-state index contributed by atoms with van der Waals surface area (Å²) in [5.74, 6) is 0.643. The Kier molecular flexibility index (Phi) is 1.67. The average Bonchev–Trinajstić information content (AvgIpc) is 1.99. The first kappa shape index (κ1) is 7.46. The molecule has 1 saturated heterocycles. The fourth-order valence-corrected chi connectivity index (χ4v) is 1.18. The van der Waals surface area contributed by atoms with Crippen molar-refractivity contribution >= 4 is 5.95 Å². The zero-order valence-corrected chi connectivity index (χ0v) is 6.87. The minimum atomic E-state index is -0.700. The standard InChI is InChI=1S/C8H10FN3/c1-6-2-3-10-8(11-6)12-4-7(9)5-12/h2-3,7H,4-5H2,1H3. The van der Waals surface area contributed by atoms with Gasteiger partial charge in [-0.2, -0.15) is 0 Å². The van der Waals surface area contributed by atoms with E-state index in [-0.39, 0.29) is 0 Å². The quantitative estimate of drug-likeness (QED) is 0.623. The maximum Gasteiger partial charge on any atom is 0.225 e. The lowest BCUT2D eigenvalue weighted by Crippen LogP contribution is -2.49. The highest BCUT2D eigenvalue weighted by Crippen LogP contribution is 2.17. The van der Waals surface area contributed by atoms with Gasteiger partial charge in [0.25, 0.3) is 0 Å². The molecule has 1 aliphatic heterocycles. The molecule has 0 atom stereocenters. The summed E-state index contributed by atoms with van der Waals surface area (Å²) < 4.78 is 12.5. The van der Waals surface area contributed by atoms with Gasteiger partial charge in [-0.05, 0) is 13.0 Å². The third-order valence-corrected chi connectivity index (χ3v) is 1.90. The lowest BCUT2D eigenvalue weighted by molar-refractivity contribution is 0.272. The van der Waals surface area contributed by atoms with Crippen LogP contribution in [0.5, 0.6) is 0 Å². The molecule has 0 spiro atoms. The van der Waals surface area contributed by atoms with Gasteiger partial charge in [0, 0.05) is 11.9 Å². The summed E-state index contributed by atoms with van der Waals surface area (Å²) in [6, 6.07) is 1.83. The molecule has 0 amide bonds. The van der Waals surface area contributed by atoms with Crippen LogP contribution in [-0.4, -0.2) is 29.2 Å². The van der Waals surface area contributed by atoms with Crippen LogP contribution in [0.1, 0.15) is 5.69 Å². The van der Waals surface area contributed by atoms with Crippen molar-refractivity contribution in [3.05, 3.63) is 18.0 Å². The van der Waals surface area contributed by atoms with Gasteiger partial charge in [0.15, 0.2) is 0 Å². The molecule has 0 unspecified atom stereocenters. The minimum Gasteiger partial charge on any atom is -0.335 e. The molecular weight excluding hydrogens is 157 g/mol. The molecule has 1 aliphatic rings. The molecule has 1 fully saturated rings. The first-order chi connectivity index (χ1) is 5.75. The van der Waals surface area contributed by atoms with Crippen LogP contribution in [0.4, 0.5) is 10.3 Å². The van der Waals surface area contributed by atoms with E-state index >= 15 is 0 Å². The molecule has 2 heterocycles. The molecule has 0 N–H and O–H groups in total. The van der Waals surface area contributed by atoms with Crippen molar-refractivity contribution < 1.29 is 4.39 Å². The van der Waals surface area contributed by atoms with E-state index < -0.39 is 6.17 Å². The average molecular weight is 167 g/mol. The lowest BCUT2D eigenvalue weighted by atomic mass is 10.2. The Morgan fingerprint density at radius 3 is 2.92 bits per heavy atom. The molecule has 12 heavy (non-hydrogen) atoms. The van der Waals surface area contributed by atoms with Crippen LogP contribution in [0.15, 0.2) is 12.3 Å². The van der Waals surface area contributed by atoms with Crippen molar-refractivity contribution in [2.24, 2.45) is 0 Å². The van der Waals surface area contributed by atoms with Crippen LogP contribution in [0, 0.1) is 6.92 Å². The molecule has 1 aromatic rings. The van der Waals surface area contributed by atoms with Gasteiger partial charge < -0.3 is 4.90 Å². The zero-order valence-electron chi connectivity index (χ0n) is 6.87. The molecule has 0 radical (unpaired) electrons. The van der Waals surface area contributed by atoms with Crippen molar-refractivity contribution in [1.29, 1.82) is 0 Å². The number of hydrogen-bond donors (Lipinski definition) is 0. The van der Waals surface area contributed by atoms with Crippen LogP contribution in [0.25, 0.3) is 0 Å². The topological polar surface area (TPSA) is 29.0 Å². The predicted molar refractivity (Wildman–Crippen MR) is 43.9 cm³/mol. The Morgan fingerprint density at radius 1 is 1.58 bits per heavy atom. The number of nitrogens with zero attached hydrogens (tertiary/aromatic N) is 3. The number of anilines is 1. The highest BCUT2D eigenvalue weighted by atomic mass is 19.1. The monoisotopic (exact) mass is 167 g/mol. The second-order valence-corrected chi connectivity index (χ2v) is 3.00. The van der Waals surface area contributed by atoms with Gasteiger partial charge in [0.05, 0.1) is 13.1 Å². The molecule has 0 aromatic carbocycles. The van der Waals surface area contributed by atoms with E-state index in [9.17, 15) is 4.39 Å². The number of aryl methyl sites for hydroxylation is 1. The third-order valence-electron chi connectivity index (χ3n) is 1.90. The van der Waals surface area contributed by atoms with Gasteiger partial charge in [-0.15, -0.1) is 0 Å². The van der Waals surface area contributed by atoms with Crippen LogP contribution in [0.2, 0.25) is 0 Å². The summed E-state index contributed by atoms with van der Waals surface area (Å²) >= 11 is 0. The van der Waals surface area contributed by atoms with Crippen LogP contribution in [-0.2, 0) is 0 Å². The van der Waals surface area contributed by atoms with E-state index in [1.807, 2.05) is 17.9 Å².